The molecule has 2 aromatic carbocycles. The first-order chi connectivity index (χ1) is 14.6. The van der Waals surface area contributed by atoms with Gasteiger partial charge in [-0.25, -0.2) is 0 Å². The second kappa shape index (κ2) is 7.73. The molecule has 0 bridgehead atoms. The molecular formula is C25H27N3O2. The van der Waals surface area contributed by atoms with Gasteiger partial charge in [-0.3, -0.25) is 14.7 Å². The number of benzene rings is 2. The predicted octanol–water partition coefficient (Wildman–Crippen LogP) is 3.74. The summed E-state index contributed by atoms with van der Waals surface area (Å²) in [5, 5.41) is 0.952. The van der Waals surface area contributed by atoms with Gasteiger partial charge in [-0.1, -0.05) is 23.8 Å². The third-order valence-corrected chi connectivity index (χ3v) is 6.14. The molecule has 0 N–H and O–H groups in total. The van der Waals surface area contributed by atoms with Crippen molar-refractivity contribution in [2.75, 3.05) is 32.8 Å². The molecule has 0 unspecified atom stereocenters. The molecule has 30 heavy (non-hydrogen) atoms. The number of aromatic nitrogens is 1. The second-order valence-corrected chi connectivity index (χ2v) is 8.44. The van der Waals surface area contributed by atoms with Gasteiger partial charge in [0, 0.05) is 50.2 Å². The molecule has 3 aromatic rings. The summed E-state index contributed by atoms with van der Waals surface area (Å²) in [6.45, 7) is 9.00. The van der Waals surface area contributed by atoms with E-state index in [0.717, 1.165) is 79.2 Å². The van der Waals surface area contributed by atoms with E-state index in [1.165, 1.54) is 11.1 Å². The summed E-state index contributed by atoms with van der Waals surface area (Å²) in [6, 6.07) is 14.6. The van der Waals surface area contributed by atoms with E-state index >= 15 is 0 Å². The van der Waals surface area contributed by atoms with Crippen molar-refractivity contribution in [2.24, 2.45) is 0 Å². The number of pyridine rings is 1. The molecular weight excluding hydrogens is 374 g/mol. The molecule has 5 heteroatoms. The normalized spacial score (nSPS) is 16.5. The van der Waals surface area contributed by atoms with E-state index in [0.29, 0.717) is 0 Å². The van der Waals surface area contributed by atoms with Crippen molar-refractivity contribution < 1.29 is 9.53 Å². The fourth-order valence-corrected chi connectivity index (χ4v) is 4.52. The third-order valence-electron chi connectivity index (χ3n) is 6.14. The van der Waals surface area contributed by atoms with Crippen LogP contribution in [0.25, 0.3) is 10.9 Å². The van der Waals surface area contributed by atoms with E-state index in [4.69, 9.17) is 4.74 Å². The average molecular weight is 402 g/mol. The van der Waals surface area contributed by atoms with Crippen LogP contribution in [0.4, 0.5) is 0 Å². The number of hydrogen-bond acceptors (Lipinski definition) is 4. The molecule has 5 rings (SSSR count). The van der Waals surface area contributed by atoms with Gasteiger partial charge in [0.25, 0.3) is 5.91 Å². The zero-order valence-corrected chi connectivity index (χ0v) is 17.6. The Hall–Kier alpha value is -2.92. The van der Waals surface area contributed by atoms with Gasteiger partial charge >= 0.3 is 0 Å². The fraction of sp³-hybridized carbons (Fsp3) is 0.360. The van der Waals surface area contributed by atoms with Crippen LogP contribution in [0.2, 0.25) is 0 Å². The SMILES string of the molecule is Cc1ccc2nc(C)cc(C(=O)N3CCN(Cc4ccc5c(c4)CCO5)CC3)c2c1. The Morgan fingerprint density at radius 3 is 2.70 bits per heavy atom. The Bertz CT molecular complexity index is 1120. The lowest BCUT2D eigenvalue weighted by atomic mass is 10.0. The zero-order chi connectivity index (χ0) is 20.7. The minimum atomic E-state index is 0.116. The smallest absolute Gasteiger partial charge is 0.254 e. The topological polar surface area (TPSA) is 45.7 Å². The first-order valence-electron chi connectivity index (χ1n) is 10.7. The van der Waals surface area contributed by atoms with Crippen LogP contribution >= 0.6 is 0 Å². The second-order valence-electron chi connectivity index (χ2n) is 8.44. The molecule has 0 radical (unpaired) electrons. The maximum Gasteiger partial charge on any atom is 0.254 e. The number of nitrogens with zero attached hydrogens (tertiary/aromatic N) is 3. The predicted molar refractivity (Wildman–Crippen MR) is 118 cm³/mol. The summed E-state index contributed by atoms with van der Waals surface area (Å²) in [6.07, 6.45) is 1.00. The van der Waals surface area contributed by atoms with Crippen molar-refractivity contribution in [2.45, 2.75) is 26.8 Å². The Labute approximate surface area is 177 Å². The number of aryl methyl sites for hydroxylation is 2. The number of ether oxygens (including phenoxy) is 1. The van der Waals surface area contributed by atoms with E-state index in [1.54, 1.807) is 0 Å². The minimum absolute atomic E-state index is 0.116. The van der Waals surface area contributed by atoms with E-state index in [1.807, 2.05) is 30.0 Å². The molecule has 5 nitrogen and oxygen atoms in total. The first-order valence-corrected chi connectivity index (χ1v) is 10.7. The molecule has 2 aliphatic heterocycles. The van der Waals surface area contributed by atoms with Crippen LogP contribution in [-0.4, -0.2) is 53.5 Å². The van der Waals surface area contributed by atoms with Crippen molar-refractivity contribution in [3.63, 3.8) is 0 Å². The van der Waals surface area contributed by atoms with Gasteiger partial charge in [0.05, 0.1) is 17.7 Å². The van der Waals surface area contributed by atoms with Crippen LogP contribution in [-0.2, 0) is 13.0 Å². The number of carbonyl (C=O) groups is 1. The number of carbonyl (C=O) groups excluding carboxylic acids is 1. The lowest BCUT2D eigenvalue weighted by Crippen LogP contribution is -2.48. The summed E-state index contributed by atoms with van der Waals surface area (Å²) in [5.74, 6) is 1.15. The number of piperazine rings is 1. The first kappa shape index (κ1) is 19.1. The maximum atomic E-state index is 13.3. The van der Waals surface area contributed by atoms with Gasteiger partial charge in [0.15, 0.2) is 0 Å². The summed E-state index contributed by atoms with van der Waals surface area (Å²) in [5.41, 5.74) is 6.33. The Morgan fingerprint density at radius 1 is 1.03 bits per heavy atom. The Kier molecular flexibility index (Phi) is 4.91. The Morgan fingerprint density at radius 2 is 1.87 bits per heavy atom. The lowest BCUT2D eigenvalue weighted by molar-refractivity contribution is 0.0630. The van der Waals surface area contributed by atoms with Crippen LogP contribution in [0, 0.1) is 13.8 Å². The fourth-order valence-electron chi connectivity index (χ4n) is 4.52. The lowest BCUT2D eigenvalue weighted by Gasteiger charge is -2.35. The number of fused-ring (bicyclic) bond motifs is 2. The highest BCUT2D eigenvalue weighted by Crippen LogP contribution is 2.27. The number of amides is 1. The molecule has 3 heterocycles. The van der Waals surface area contributed by atoms with Crippen molar-refractivity contribution in [3.05, 3.63) is 70.4 Å². The van der Waals surface area contributed by atoms with E-state index in [2.05, 4.69) is 41.1 Å². The molecule has 1 saturated heterocycles. The highest BCUT2D eigenvalue weighted by atomic mass is 16.5. The van der Waals surface area contributed by atoms with Gasteiger partial charge in [0.1, 0.15) is 5.75 Å². The van der Waals surface area contributed by atoms with Crippen molar-refractivity contribution in [1.82, 2.24) is 14.8 Å². The maximum absolute atomic E-state index is 13.3. The van der Waals surface area contributed by atoms with Gasteiger partial charge in [-0.2, -0.15) is 0 Å². The largest absolute Gasteiger partial charge is 0.493 e. The van der Waals surface area contributed by atoms with Crippen LogP contribution in [0.3, 0.4) is 0 Å². The number of hydrogen-bond donors (Lipinski definition) is 0. The monoisotopic (exact) mass is 401 g/mol. The minimum Gasteiger partial charge on any atom is -0.493 e. The van der Waals surface area contributed by atoms with Gasteiger partial charge in [-0.15, -0.1) is 0 Å². The zero-order valence-electron chi connectivity index (χ0n) is 17.6. The van der Waals surface area contributed by atoms with Gasteiger partial charge in [0.2, 0.25) is 0 Å². The highest BCUT2D eigenvalue weighted by molar-refractivity contribution is 6.06. The van der Waals surface area contributed by atoms with Crippen LogP contribution < -0.4 is 4.74 Å². The number of rotatable bonds is 3. The molecule has 0 atom stereocenters. The van der Waals surface area contributed by atoms with Crippen LogP contribution in [0.1, 0.15) is 32.7 Å². The quantitative estimate of drug-likeness (QED) is 0.671. The van der Waals surface area contributed by atoms with Crippen LogP contribution in [0.15, 0.2) is 42.5 Å². The molecule has 1 amide bonds. The molecule has 0 spiro atoms. The molecule has 2 aliphatic rings. The van der Waals surface area contributed by atoms with Crippen LogP contribution in [0.5, 0.6) is 5.75 Å². The summed E-state index contributed by atoms with van der Waals surface area (Å²) < 4.78 is 5.61. The van der Waals surface area contributed by atoms with E-state index in [-0.39, 0.29) is 5.91 Å². The highest BCUT2D eigenvalue weighted by Gasteiger charge is 2.24. The molecule has 154 valence electrons. The summed E-state index contributed by atoms with van der Waals surface area (Å²) in [4.78, 5) is 22.4. The van der Waals surface area contributed by atoms with E-state index in [9.17, 15) is 4.79 Å². The van der Waals surface area contributed by atoms with E-state index < -0.39 is 0 Å². The average Bonchev–Trinajstić information content (AvgIpc) is 3.21. The summed E-state index contributed by atoms with van der Waals surface area (Å²) >= 11 is 0. The van der Waals surface area contributed by atoms with Crippen molar-refractivity contribution >= 4 is 16.8 Å². The molecule has 0 aliphatic carbocycles. The van der Waals surface area contributed by atoms with Crippen molar-refractivity contribution in [1.29, 1.82) is 0 Å². The summed E-state index contributed by atoms with van der Waals surface area (Å²) in [7, 11) is 0. The van der Waals surface area contributed by atoms with Crippen molar-refractivity contribution in [3.8, 4) is 5.75 Å². The third kappa shape index (κ3) is 3.65. The Balaban J connectivity index is 1.28. The van der Waals surface area contributed by atoms with Gasteiger partial charge < -0.3 is 9.64 Å². The molecule has 1 aromatic heterocycles. The molecule has 1 fully saturated rings. The molecule has 0 saturated carbocycles. The standard InChI is InChI=1S/C25H27N3O2/c1-17-3-5-23-21(13-17)22(14-18(2)26-23)25(29)28-10-8-27(9-11-28)16-19-4-6-24-20(15-19)7-12-30-24/h3-6,13-15H,7-12,16H2,1-2H3. The van der Waals surface area contributed by atoms with Gasteiger partial charge in [-0.05, 0) is 49.2 Å².